The van der Waals surface area contributed by atoms with Gasteiger partial charge in [0.25, 0.3) is 0 Å². The van der Waals surface area contributed by atoms with Crippen molar-refractivity contribution in [3.63, 3.8) is 0 Å². The smallest absolute Gasteiger partial charge is 0.0120 e. The molecular formula is C10H20S. The van der Waals surface area contributed by atoms with Gasteiger partial charge in [0.15, 0.2) is 0 Å². The molecule has 0 atom stereocenters. The van der Waals surface area contributed by atoms with Crippen LogP contribution in [0.4, 0.5) is 0 Å². The Morgan fingerprint density at radius 1 is 1.18 bits per heavy atom. The molecule has 1 rings (SSSR count). The van der Waals surface area contributed by atoms with E-state index in [0.717, 1.165) is 5.92 Å². The molecule has 0 N–H and O–H groups in total. The minimum absolute atomic E-state index is 0.504. The zero-order valence-corrected chi connectivity index (χ0v) is 8.84. The lowest BCUT2D eigenvalue weighted by Crippen LogP contribution is -2.25. The molecule has 0 aliphatic carbocycles. The number of hydrogen-bond acceptors (Lipinski definition) is 0. The fraction of sp³-hybridized carbons (Fsp3) is 0.900. The Morgan fingerprint density at radius 2 is 1.64 bits per heavy atom. The second-order valence-electron chi connectivity index (χ2n) is 4.66. The molecule has 0 amide bonds. The minimum atomic E-state index is 0.504. The van der Waals surface area contributed by atoms with Crippen molar-refractivity contribution in [3.8, 4) is 0 Å². The molecule has 0 aromatic rings. The maximum Gasteiger partial charge on any atom is -0.0120 e. The highest BCUT2D eigenvalue weighted by Gasteiger charge is 2.26. The molecule has 0 spiro atoms. The molecule has 1 heterocycles. The second-order valence-corrected chi connectivity index (χ2v) is 6.70. The quantitative estimate of drug-likeness (QED) is 0.492. The Morgan fingerprint density at radius 3 is 2.00 bits per heavy atom. The predicted molar refractivity (Wildman–Crippen MR) is 56.6 cm³/mol. The Hall–Kier alpha value is 0.220. The molecule has 0 radical (unpaired) electrons. The standard InChI is InChI=1S/C10H20S/c1-10(2,3)9-5-7-11(4)8-6-9/h9H,4-8H2,1-3H3. The molecule has 1 aliphatic rings. The van der Waals surface area contributed by atoms with Crippen molar-refractivity contribution in [1.82, 2.24) is 0 Å². The molecule has 1 saturated heterocycles. The van der Waals surface area contributed by atoms with Crippen molar-refractivity contribution < 1.29 is 0 Å². The van der Waals surface area contributed by atoms with Gasteiger partial charge in [-0.2, -0.15) is 10.5 Å². The third-order valence-electron chi connectivity index (χ3n) is 2.73. The van der Waals surface area contributed by atoms with Crippen LogP contribution in [0.3, 0.4) is 0 Å². The summed E-state index contributed by atoms with van der Waals surface area (Å²) in [6, 6.07) is 0. The first-order valence-electron chi connectivity index (χ1n) is 4.47. The lowest BCUT2D eigenvalue weighted by atomic mass is 9.77. The summed E-state index contributed by atoms with van der Waals surface area (Å²) in [5.74, 6) is 7.85. The van der Waals surface area contributed by atoms with E-state index in [1.165, 1.54) is 24.3 Å². The summed E-state index contributed by atoms with van der Waals surface area (Å²) in [5.41, 5.74) is 0.532. The van der Waals surface area contributed by atoms with Gasteiger partial charge in [-0.1, -0.05) is 26.6 Å². The molecule has 1 aliphatic heterocycles. The van der Waals surface area contributed by atoms with E-state index in [4.69, 9.17) is 0 Å². The van der Waals surface area contributed by atoms with Crippen LogP contribution in [0.2, 0.25) is 0 Å². The third-order valence-corrected chi connectivity index (χ3v) is 4.36. The first-order chi connectivity index (χ1) is 5.00. The van der Waals surface area contributed by atoms with Gasteiger partial charge in [0.2, 0.25) is 0 Å². The lowest BCUT2D eigenvalue weighted by Gasteiger charge is -2.34. The third kappa shape index (κ3) is 2.62. The van der Waals surface area contributed by atoms with Gasteiger partial charge in [-0.15, -0.1) is 0 Å². The normalized spacial score (nSPS) is 33.7. The second kappa shape index (κ2) is 3.30. The molecule has 0 aromatic heterocycles. The topological polar surface area (TPSA) is 0 Å². The van der Waals surface area contributed by atoms with Crippen LogP contribution in [-0.4, -0.2) is 17.4 Å². The molecule has 1 heteroatoms. The number of hydrogen-bond donors (Lipinski definition) is 0. The van der Waals surface area contributed by atoms with Crippen LogP contribution in [0.25, 0.3) is 0 Å². The highest BCUT2D eigenvalue weighted by Crippen LogP contribution is 2.38. The Labute approximate surface area is 73.3 Å². The van der Waals surface area contributed by atoms with Crippen molar-refractivity contribution in [2.75, 3.05) is 11.5 Å². The average Bonchev–Trinajstić information content (AvgIpc) is 1.86. The van der Waals surface area contributed by atoms with Gasteiger partial charge in [-0.3, -0.25) is 0 Å². The van der Waals surface area contributed by atoms with E-state index in [1.54, 1.807) is 0 Å². The molecule has 66 valence electrons. The van der Waals surface area contributed by atoms with E-state index < -0.39 is 0 Å². The summed E-state index contributed by atoms with van der Waals surface area (Å²) in [6.45, 7) is 7.10. The Bertz CT molecular complexity index is 143. The van der Waals surface area contributed by atoms with Crippen LogP contribution in [0, 0.1) is 11.3 Å². The molecule has 0 unspecified atom stereocenters. The minimum Gasteiger partial charge on any atom is -0.193 e. The van der Waals surface area contributed by atoms with Gasteiger partial charge in [-0.25, -0.2) is 0 Å². The van der Waals surface area contributed by atoms with Gasteiger partial charge in [0.1, 0.15) is 0 Å². The molecule has 0 aromatic carbocycles. The zero-order valence-electron chi connectivity index (χ0n) is 8.02. The van der Waals surface area contributed by atoms with Crippen LogP contribution >= 0.6 is 10.5 Å². The number of rotatable bonds is 0. The molecule has 1 fully saturated rings. The molecule has 0 bridgehead atoms. The van der Waals surface area contributed by atoms with E-state index in [-0.39, 0.29) is 0 Å². The van der Waals surface area contributed by atoms with E-state index in [9.17, 15) is 0 Å². The van der Waals surface area contributed by atoms with E-state index in [2.05, 4.69) is 26.6 Å². The van der Waals surface area contributed by atoms with Gasteiger partial charge < -0.3 is 0 Å². The van der Waals surface area contributed by atoms with Crippen molar-refractivity contribution in [2.24, 2.45) is 11.3 Å². The van der Waals surface area contributed by atoms with Crippen LogP contribution in [-0.2, 0) is 0 Å². The fourth-order valence-electron chi connectivity index (χ4n) is 1.73. The lowest BCUT2D eigenvalue weighted by molar-refractivity contribution is 0.225. The van der Waals surface area contributed by atoms with Gasteiger partial charge in [-0.05, 0) is 35.7 Å². The van der Waals surface area contributed by atoms with Crippen LogP contribution in [0.15, 0.2) is 0 Å². The zero-order chi connectivity index (χ0) is 8.48. The largest absolute Gasteiger partial charge is 0.193 e. The summed E-state index contributed by atoms with van der Waals surface area (Å²) in [5, 5.41) is 0. The molecular weight excluding hydrogens is 152 g/mol. The highest BCUT2D eigenvalue weighted by molar-refractivity contribution is 8.14. The summed E-state index contributed by atoms with van der Waals surface area (Å²) >= 11 is 0. The van der Waals surface area contributed by atoms with Crippen molar-refractivity contribution in [1.29, 1.82) is 0 Å². The summed E-state index contributed by atoms with van der Waals surface area (Å²) in [4.78, 5) is 0. The van der Waals surface area contributed by atoms with Gasteiger partial charge in [0.05, 0.1) is 0 Å². The maximum absolute atomic E-state index is 4.14. The average molecular weight is 172 g/mol. The maximum atomic E-state index is 4.14. The summed E-state index contributed by atoms with van der Waals surface area (Å²) in [6.07, 6.45) is 2.83. The Balaban J connectivity index is 2.45. The first-order valence-corrected chi connectivity index (χ1v) is 6.20. The van der Waals surface area contributed by atoms with Crippen LogP contribution < -0.4 is 0 Å². The SMILES string of the molecule is C=S1CCC(C(C)(C)C)CC1. The van der Waals surface area contributed by atoms with Crippen molar-refractivity contribution >= 4 is 16.4 Å². The summed E-state index contributed by atoms with van der Waals surface area (Å²) < 4.78 is 0. The van der Waals surface area contributed by atoms with E-state index in [0.29, 0.717) is 15.9 Å². The first kappa shape index (κ1) is 9.31. The van der Waals surface area contributed by atoms with Crippen molar-refractivity contribution in [3.05, 3.63) is 0 Å². The predicted octanol–water partition coefficient (Wildman–Crippen LogP) is 3.14. The molecule has 0 nitrogen and oxygen atoms in total. The van der Waals surface area contributed by atoms with E-state index in [1.807, 2.05) is 0 Å². The fourth-order valence-corrected chi connectivity index (χ4v) is 3.17. The van der Waals surface area contributed by atoms with E-state index >= 15 is 0 Å². The molecule has 0 saturated carbocycles. The van der Waals surface area contributed by atoms with Gasteiger partial charge >= 0.3 is 0 Å². The Kier molecular flexibility index (Phi) is 2.79. The van der Waals surface area contributed by atoms with Crippen LogP contribution in [0.5, 0.6) is 0 Å². The van der Waals surface area contributed by atoms with Crippen molar-refractivity contribution in [2.45, 2.75) is 33.6 Å². The highest BCUT2D eigenvalue weighted by atomic mass is 32.2. The van der Waals surface area contributed by atoms with Gasteiger partial charge in [0, 0.05) is 0 Å². The monoisotopic (exact) mass is 172 g/mol. The summed E-state index contributed by atoms with van der Waals surface area (Å²) in [7, 11) is 0.504. The molecule has 11 heavy (non-hydrogen) atoms. The van der Waals surface area contributed by atoms with Crippen LogP contribution in [0.1, 0.15) is 33.6 Å².